The normalized spacial score (nSPS) is 14.6. The van der Waals surface area contributed by atoms with Crippen LogP contribution in [-0.2, 0) is 32.6 Å². The number of hydrogen-bond donors (Lipinski definition) is 1. The molecule has 0 unspecified atom stereocenters. The summed E-state index contributed by atoms with van der Waals surface area (Å²) in [5, 5.41) is 3.68. The number of rotatable bonds is 13. The van der Waals surface area contributed by atoms with Gasteiger partial charge in [-0.15, -0.1) is 0 Å². The smallest absolute Gasteiger partial charge is 0.243 e. The van der Waals surface area contributed by atoms with E-state index < -0.39 is 21.9 Å². The van der Waals surface area contributed by atoms with E-state index >= 15 is 0 Å². The van der Waals surface area contributed by atoms with Crippen molar-refractivity contribution in [3.63, 3.8) is 0 Å². The first kappa shape index (κ1) is 32.5. The minimum absolute atomic E-state index is 0.0487. The van der Waals surface area contributed by atoms with Crippen LogP contribution in [0.1, 0.15) is 56.1 Å². The lowest BCUT2D eigenvalue weighted by atomic mass is 9.94. The largest absolute Gasteiger partial charge is 0.352 e. The Morgan fingerprint density at radius 3 is 2.28 bits per heavy atom. The maximum atomic E-state index is 14.5. The molecule has 1 saturated carbocycles. The molecule has 43 heavy (non-hydrogen) atoms. The Labute approximate surface area is 259 Å². The van der Waals surface area contributed by atoms with Crippen molar-refractivity contribution in [3.05, 3.63) is 101 Å². The van der Waals surface area contributed by atoms with Gasteiger partial charge in [0.25, 0.3) is 0 Å². The average molecular weight is 628 g/mol. The van der Waals surface area contributed by atoms with E-state index in [4.69, 9.17) is 11.6 Å². The van der Waals surface area contributed by atoms with Crippen LogP contribution in [0.5, 0.6) is 0 Å². The standard InChI is InChI=1S/C33H39ClFN3O4S/c1-43(41,42)38(30-20-11-10-19-29(30)35)22-12-21-32(39)37(24-26-15-8-9-18-28(26)34)31(23-25-13-4-2-5-14-25)33(40)36-27-16-6-3-7-17-27/h2,4-5,8-11,13-15,18-20,27,31H,3,6-7,12,16-17,21-24H2,1H3,(H,36,40)/t31-/m1/s1. The van der Waals surface area contributed by atoms with Crippen molar-refractivity contribution in [3.8, 4) is 0 Å². The zero-order valence-corrected chi connectivity index (χ0v) is 26.0. The monoisotopic (exact) mass is 627 g/mol. The van der Waals surface area contributed by atoms with E-state index in [9.17, 15) is 22.4 Å². The summed E-state index contributed by atoms with van der Waals surface area (Å²) >= 11 is 6.50. The summed E-state index contributed by atoms with van der Waals surface area (Å²) in [6.07, 6.45) is 6.45. The van der Waals surface area contributed by atoms with Gasteiger partial charge in [-0.1, -0.05) is 91.5 Å². The second kappa shape index (κ2) is 15.3. The van der Waals surface area contributed by atoms with Gasteiger partial charge in [-0.25, -0.2) is 12.8 Å². The summed E-state index contributed by atoms with van der Waals surface area (Å²) in [5.41, 5.74) is 1.54. The Balaban J connectivity index is 1.60. The molecule has 0 radical (unpaired) electrons. The number of sulfonamides is 1. The number of anilines is 1. The van der Waals surface area contributed by atoms with Crippen molar-refractivity contribution < 1.29 is 22.4 Å². The number of halogens is 2. The van der Waals surface area contributed by atoms with Gasteiger partial charge in [0.15, 0.2) is 0 Å². The first-order chi connectivity index (χ1) is 20.6. The van der Waals surface area contributed by atoms with Gasteiger partial charge in [0.05, 0.1) is 11.9 Å². The van der Waals surface area contributed by atoms with E-state index in [1.165, 1.54) is 18.2 Å². The van der Waals surface area contributed by atoms with Crippen LogP contribution in [0.15, 0.2) is 78.9 Å². The molecule has 230 valence electrons. The molecule has 0 saturated heterocycles. The van der Waals surface area contributed by atoms with Crippen LogP contribution in [-0.4, -0.2) is 50.0 Å². The van der Waals surface area contributed by atoms with Gasteiger partial charge in [-0.2, -0.15) is 0 Å². The molecule has 3 aromatic rings. The number of carbonyl (C=O) groups excluding carboxylic acids is 2. The Bertz CT molecular complexity index is 1480. The van der Waals surface area contributed by atoms with Gasteiger partial charge in [-0.3, -0.25) is 13.9 Å². The highest BCUT2D eigenvalue weighted by atomic mass is 35.5. The van der Waals surface area contributed by atoms with Gasteiger partial charge >= 0.3 is 0 Å². The molecular formula is C33H39ClFN3O4S. The van der Waals surface area contributed by atoms with Crippen molar-refractivity contribution in [2.24, 2.45) is 0 Å². The first-order valence-corrected chi connectivity index (χ1v) is 17.0. The molecule has 0 bridgehead atoms. The predicted molar refractivity (Wildman–Crippen MR) is 169 cm³/mol. The van der Waals surface area contributed by atoms with Crippen LogP contribution in [0.4, 0.5) is 10.1 Å². The van der Waals surface area contributed by atoms with Gasteiger partial charge in [0.2, 0.25) is 21.8 Å². The highest BCUT2D eigenvalue weighted by Gasteiger charge is 2.32. The topological polar surface area (TPSA) is 86.8 Å². The Kier molecular flexibility index (Phi) is 11.6. The predicted octanol–water partition coefficient (Wildman–Crippen LogP) is 6.11. The second-order valence-electron chi connectivity index (χ2n) is 11.1. The van der Waals surface area contributed by atoms with Gasteiger partial charge < -0.3 is 10.2 Å². The highest BCUT2D eigenvalue weighted by Crippen LogP contribution is 2.25. The van der Waals surface area contributed by atoms with Crippen LogP contribution < -0.4 is 9.62 Å². The van der Waals surface area contributed by atoms with Crippen molar-refractivity contribution in [2.75, 3.05) is 17.1 Å². The molecule has 0 aliphatic heterocycles. The highest BCUT2D eigenvalue weighted by molar-refractivity contribution is 7.92. The van der Waals surface area contributed by atoms with Crippen LogP contribution in [0.2, 0.25) is 5.02 Å². The average Bonchev–Trinajstić information content (AvgIpc) is 2.99. The number of amides is 2. The fraction of sp³-hybridized carbons (Fsp3) is 0.394. The van der Waals surface area contributed by atoms with E-state index in [0.717, 1.165) is 48.2 Å². The maximum absolute atomic E-state index is 14.5. The molecule has 1 N–H and O–H groups in total. The van der Waals surface area contributed by atoms with E-state index in [1.807, 2.05) is 42.5 Å². The summed E-state index contributed by atoms with van der Waals surface area (Å²) in [6, 6.07) is 21.6. The summed E-state index contributed by atoms with van der Waals surface area (Å²) < 4.78 is 40.6. The number of nitrogens with one attached hydrogen (secondary N) is 1. The van der Waals surface area contributed by atoms with E-state index in [0.29, 0.717) is 17.0 Å². The van der Waals surface area contributed by atoms with Gasteiger partial charge in [0.1, 0.15) is 11.9 Å². The molecule has 1 fully saturated rings. The van der Waals surface area contributed by atoms with E-state index in [-0.39, 0.29) is 49.5 Å². The van der Waals surface area contributed by atoms with Crippen LogP contribution >= 0.6 is 11.6 Å². The molecule has 4 rings (SSSR count). The maximum Gasteiger partial charge on any atom is 0.243 e. The Morgan fingerprint density at radius 2 is 1.60 bits per heavy atom. The minimum atomic E-state index is -3.81. The third kappa shape index (κ3) is 9.28. The third-order valence-corrected chi connectivity index (χ3v) is 9.34. The lowest BCUT2D eigenvalue weighted by molar-refractivity contribution is -0.141. The van der Waals surface area contributed by atoms with Crippen LogP contribution in [0.3, 0.4) is 0 Å². The van der Waals surface area contributed by atoms with Gasteiger partial charge in [-0.05, 0) is 48.6 Å². The fourth-order valence-electron chi connectivity index (χ4n) is 5.54. The molecule has 3 aromatic carbocycles. The molecule has 0 aromatic heterocycles. The lowest BCUT2D eigenvalue weighted by Gasteiger charge is -2.34. The molecule has 10 heteroatoms. The molecule has 1 aliphatic rings. The number of hydrogen-bond acceptors (Lipinski definition) is 4. The molecule has 1 aliphatic carbocycles. The summed E-state index contributed by atoms with van der Waals surface area (Å²) in [7, 11) is -3.81. The van der Waals surface area contributed by atoms with Crippen LogP contribution in [0.25, 0.3) is 0 Å². The number of nitrogens with zero attached hydrogens (tertiary/aromatic N) is 2. The summed E-state index contributed by atoms with van der Waals surface area (Å²) in [4.78, 5) is 29.4. The molecule has 7 nitrogen and oxygen atoms in total. The zero-order valence-electron chi connectivity index (χ0n) is 24.4. The zero-order chi connectivity index (χ0) is 30.8. The van der Waals surface area contributed by atoms with Gasteiger partial charge in [0, 0.05) is 37.0 Å². The molecule has 0 heterocycles. The van der Waals surface area contributed by atoms with Crippen molar-refractivity contribution >= 4 is 39.1 Å². The third-order valence-electron chi connectivity index (χ3n) is 7.79. The number of benzene rings is 3. The fourth-order valence-corrected chi connectivity index (χ4v) is 6.71. The first-order valence-electron chi connectivity index (χ1n) is 14.7. The molecule has 0 spiro atoms. The number of carbonyl (C=O) groups is 2. The van der Waals surface area contributed by atoms with E-state index in [2.05, 4.69) is 5.32 Å². The quantitative estimate of drug-likeness (QED) is 0.248. The van der Waals surface area contributed by atoms with Crippen molar-refractivity contribution in [1.82, 2.24) is 10.2 Å². The minimum Gasteiger partial charge on any atom is -0.352 e. The second-order valence-corrected chi connectivity index (χ2v) is 13.4. The Hall–Kier alpha value is -3.43. The van der Waals surface area contributed by atoms with Crippen molar-refractivity contribution in [2.45, 2.75) is 70.0 Å². The van der Waals surface area contributed by atoms with E-state index in [1.54, 1.807) is 23.1 Å². The molecule has 2 amide bonds. The molecular weight excluding hydrogens is 589 g/mol. The summed E-state index contributed by atoms with van der Waals surface area (Å²) in [6.45, 7) is 0.0141. The lowest BCUT2D eigenvalue weighted by Crippen LogP contribution is -2.53. The van der Waals surface area contributed by atoms with Crippen LogP contribution in [0, 0.1) is 5.82 Å². The Morgan fingerprint density at radius 1 is 0.953 bits per heavy atom. The molecule has 1 atom stereocenters. The number of para-hydroxylation sites is 1. The summed E-state index contributed by atoms with van der Waals surface area (Å²) in [5.74, 6) is -1.20. The van der Waals surface area contributed by atoms with Crippen molar-refractivity contribution in [1.29, 1.82) is 0 Å². The SMILES string of the molecule is CS(=O)(=O)N(CCCC(=O)N(Cc1ccccc1Cl)[C@H](Cc1ccccc1)C(=O)NC1CCCCC1)c1ccccc1F.